The minimum Gasteiger partial charge on any atom is -0.397 e. The maximum Gasteiger partial charge on any atom is 0.251 e. The molecule has 0 bridgehead atoms. The van der Waals surface area contributed by atoms with E-state index in [2.05, 4.69) is 10.6 Å². The molecule has 0 radical (unpaired) electrons. The number of benzene rings is 1. The Balaban J connectivity index is 2.54. The van der Waals surface area contributed by atoms with E-state index >= 15 is 0 Å². The van der Waals surface area contributed by atoms with Crippen LogP contribution < -0.4 is 22.1 Å². The molecule has 0 unspecified atom stereocenters. The Morgan fingerprint density at radius 2 is 2.00 bits per heavy atom. The van der Waals surface area contributed by atoms with Gasteiger partial charge in [-0.3, -0.25) is 9.59 Å². The molecule has 6 heteroatoms. The molecule has 6 nitrogen and oxygen atoms in total. The second-order valence-electron chi connectivity index (χ2n) is 4.51. The maximum atomic E-state index is 11.7. The summed E-state index contributed by atoms with van der Waals surface area (Å²) in [5.74, 6) is -0.410. The molecule has 20 heavy (non-hydrogen) atoms. The molecule has 0 aliphatic carbocycles. The summed E-state index contributed by atoms with van der Waals surface area (Å²) in [5.41, 5.74) is 12.8. The van der Waals surface area contributed by atoms with Crippen LogP contribution in [0.2, 0.25) is 0 Å². The zero-order chi connectivity index (χ0) is 15.0. The summed E-state index contributed by atoms with van der Waals surface area (Å²) in [4.78, 5) is 22.3. The second kappa shape index (κ2) is 8.04. The van der Waals surface area contributed by atoms with Gasteiger partial charge in [0.1, 0.15) is 0 Å². The first kappa shape index (κ1) is 15.8. The Bertz CT molecular complexity index is 474. The molecule has 0 spiro atoms. The lowest BCUT2D eigenvalue weighted by Crippen LogP contribution is -2.22. The highest BCUT2D eigenvalue weighted by molar-refractivity contribution is 5.96. The normalized spacial score (nSPS) is 10.1. The van der Waals surface area contributed by atoms with E-state index in [1.54, 1.807) is 18.2 Å². The molecule has 1 aromatic carbocycles. The highest BCUT2D eigenvalue weighted by Gasteiger charge is 2.07. The van der Waals surface area contributed by atoms with E-state index in [1.165, 1.54) is 0 Å². The quantitative estimate of drug-likeness (QED) is 0.421. The van der Waals surface area contributed by atoms with Gasteiger partial charge in [0.25, 0.3) is 5.91 Å². The molecule has 0 fully saturated rings. The number of anilines is 2. The molecule has 0 heterocycles. The first-order valence-corrected chi connectivity index (χ1v) is 6.74. The second-order valence-corrected chi connectivity index (χ2v) is 4.51. The van der Waals surface area contributed by atoms with Gasteiger partial charge in [0, 0.05) is 25.1 Å². The summed E-state index contributed by atoms with van der Waals surface area (Å²) in [7, 11) is 0. The van der Waals surface area contributed by atoms with Crippen molar-refractivity contribution in [2.75, 3.05) is 24.1 Å². The number of hydrogen-bond acceptors (Lipinski definition) is 4. The van der Waals surface area contributed by atoms with E-state index in [1.807, 2.05) is 6.92 Å². The number of nitrogens with one attached hydrogen (secondary N) is 2. The zero-order valence-electron chi connectivity index (χ0n) is 11.7. The third-order valence-corrected chi connectivity index (χ3v) is 2.82. The smallest absolute Gasteiger partial charge is 0.251 e. The highest BCUT2D eigenvalue weighted by Crippen LogP contribution is 2.20. The number of nitrogen functional groups attached to an aromatic ring is 1. The van der Waals surface area contributed by atoms with Crippen LogP contribution in [0, 0.1) is 0 Å². The average molecular weight is 278 g/mol. The van der Waals surface area contributed by atoms with Crippen LogP contribution >= 0.6 is 0 Å². The van der Waals surface area contributed by atoms with Gasteiger partial charge in [0.15, 0.2) is 0 Å². The maximum absolute atomic E-state index is 11.7. The van der Waals surface area contributed by atoms with E-state index < -0.39 is 0 Å². The number of amides is 2. The molecule has 1 aromatic rings. The van der Waals surface area contributed by atoms with Crippen molar-refractivity contribution >= 4 is 23.2 Å². The van der Waals surface area contributed by atoms with Crippen molar-refractivity contribution in [2.24, 2.45) is 5.73 Å². The molecular weight excluding hydrogens is 256 g/mol. The van der Waals surface area contributed by atoms with E-state index in [-0.39, 0.29) is 11.8 Å². The number of primary amides is 1. The molecular formula is C14H22N4O2. The van der Waals surface area contributed by atoms with Crippen molar-refractivity contribution in [3.8, 4) is 0 Å². The Morgan fingerprint density at radius 3 is 2.65 bits per heavy atom. The van der Waals surface area contributed by atoms with E-state index in [0.717, 1.165) is 18.5 Å². The molecule has 0 saturated heterocycles. The number of rotatable bonds is 8. The van der Waals surface area contributed by atoms with E-state index in [4.69, 9.17) is 11.5 Å². The predicted molar refractivity (Wildman–Crippen MR) is 80.4 cm³/mol. The van der Waals surface area contributed by atoms with Crippen molar-refractivity contribution in [3.05, 3.63) is 23.8 Å². The standard InChI is InChI=1S/C14H22N4O2/c1-2-17-14(20)10-6-7-11(15)12(9-10)18-8-4-3-5-13(16)19/h6-7,9,18H,2-5,8,15H2,1H3,(H2,16,19)(H,17,20). The molecule has 0 aliphatic heterocycles. The Labute approximate surface area is 118 Å². The largest absolute Gasteiger partial charge is 0.397 e. The van der Waals surface area contributed by atoms with Gasteiger partial charge in [-0.15, -0.1) is 0 Å². The number of carbonyl (C=O) groups excluding carboxylic acids is 2. The van der Waals surface area contributed by atoms with Gasteiger partial charge >= 0.3 is 0 Å². The zero-order valence-corrected chi connectivity index (χ0v) is 11.7. The van der Waals surface area contributed by atoms with Gasteiger partial charge in [-0.05, 0) is 38.0 Å². The topological polar surface area (TPSA) is 110 Å². The SMILES string of the molecule is CCNC(=O)c1ccc(N)c(NCCCCC(N)=O)c1. The molecule has 1 rings (SSSR count). The Morgan fingerprint density at radius 1 is 1.25 bits per heavy atom. The molecule has 0 saturated carbocycles. The summed E-state index contributed by atoms with van der Waals surface area (Å²) in [5, 5.41) is 5.91. The molecule has 0 aliphatic rings. The third-order valence-electron chi connectivity index (χ3n) is 2.82. The van der Waals surface area contributed by atoms with E-state index in [0.29, 0.717) is 30.8 Å². The lowest BCUT2D eigenvalue weighted by molar-refractivity contribution is -0.118. The molecule has 6 N–H and O–H groups in total. The summed E-state index contributed by atoms with van der Waals surface area (Å²) < 4.78 is 0. The lowest BCUT2D eigenvalue weighted by Gasteiger charge is -2.11. The van der Waals surface area contributed by atoms with Gasteiger partial charge in [-0.25, -0.2) is 0 Å². The van der Waals surface area contributed by atoms with Crippen LogP contribution in [-0.4, -0.2) is 24.9 Å². The number of nitrogens with two attached hydrogens (primary N) is 2. The molecule has 110 valence electrons. The van der Waals surface area contributed by atoms with Crippen molar-refractivity contribution in [1.82, 2.24) is 5.32 Å². The summed E-state index contributed by atoms with van der Waals surface area (Å²) >= 11 is 0. The number of unbranched alkanes of at least 4 members (excludes halogenated alkanes) is 1. The predicted octanol–water partition coefficient (Wildman–Crippen LogP) is 1.09. The van der Waals surface area contributed by atoms with Crippen LogP contribution in [0.5, 0.6) is 0 Å². The highest BCUT2D eigenvalue weighted by atomic mass is 16.1. The van der Waals surface area contributed by atoms with Crippen LogP contribution in [0.1, 0.15) is 36.5 Å². The fraction of sp³-hybridized carbons (Fsp3) is 0.429. The first-order valence-electron chi connectivity index (χ1n) is 6.74. The number of carbonyl (C=O) groups is 2. The van der Waals surface area contributed by atoms with Crippen molar-refractivity contribution in [3.63, 3.8) is 0 Å². The van der Waals surface area contributed by atoms with Gasteiger partial charge in [0.2, 0.25) is 5.91 Å². The van der Waals surface area contributed by atoms with Crippen LogP contribution in [0.25, 0.3) is 0 Å². The van der Waals surface area contributed by atoms with Gasteiger partial charge in [-0.1, -0.05) is 0 Å². The van der Waals surface area contributed by atoms with Gasteiger partial charge in [0.05, 0.1) is 11.4 Å². The average Bonchev–Trinajstić information content (AvgIpc) is 2.40. The van der Waals surface area contributed by atoms with Crippen molar-refractivity contribution in [1.29, 1.82) is 0 Å². The fourth-order valence-electron chi connectivity index (χ4n) is 1.76. The number of hydrogen-bond donors (Lipinski definition) is 4. The van der Waals surface area contributed by atoms with Crippen molar-refractivity contribution < 1.29 is 9.59 Å². The minimum atomic E-state index is -0.289. The first-order chi connectivity index (χ1) is 9.54. The van der Waals surface area contributed by atoms with Crippen LogP contribution in [0.4, 0.5) is 11.4 Å². The van der Waals surface area contributed by atoms with E-state index in [9.17, 15) is 9.59 Å². The van der Waals surface area contributed by atoms with Crippen LogP contribution in [-0.2, 0) is 4.79 Å². The Kier molecular flexibility index (Phi) is 6.36. The summed E-state index contributed by atoms with van der Waals surface area (Å²) in [6.45, 7) is 3.13. The molecule has 0 atom stereocenters. The monoisotopic (exact) mass is 278 g/mol. The Hall–Kier alpha value is -2.24. The van der Waals surface area contributed by atoms with Gasteiger partial charge in [-0.2, -0.15) is 0 Å². The molecule has 2 amide bonds. The fourth-order valence-corrected chi connectivity index (χ4v) is 1.76. The summed E-state index contributed by atoms with van der Waals surface area (Å²) in [6, 6.07) is 5.13. The minimum absolute atomic E-state index is 0.121. The summed E-state index contributed by atoms with van der Waals surface area (Å²) in [6.07, 6.45) is 1.93. The molecule has 0 aromatic heterocycles. The van der Waals surface area contributed by atoms with Crippen molar-refractivity contribution in [2.45, 2.75) is 26.2 Å². The lowest BCUT2D eigenvalue weighted by atomic mass is 10.1. The van der Waals surface area contributed by atoms with Gasteiger partial charge < -0.3 is 22.1 Å². The third kappa shape index (κ3) is 5.17. The van der Waals surface area contributed by atoms with Crippen LogP contribution in [0.15, 0.2) is 18.2 Å². The van der Waals surface area contributed by atoms with Crippen LogP contribution in [0.3, 0.4) is 0 Å².